The SMILES string of the molecule is CCCS(=O)(=O)NCc1nnn2c1COC1(CCN(C(=O)c3ccc(C)cc3C)C1)C2. The van der Waals surface area contributed by atoms with Gasteiger partial charge in [0, 0.05) is 12.1 Å². The molecule has 0 radical (unpaired) electrons. The second kappa shape index (κ2) is 8.33. The van der Waals surface area contributed by atoms with Gasteiger partial charge in [0.15, 0.2) is 0 Å². The second-order valence-electron chi connectivity index (χ2n) is 8.55. The summed E-state index contributed by atoms with van der Waals surface area (Å²) in [6.45, 7) is 7.81. The first-order chi connectivity index (χ1) is 14.7. The molecule has 0 bridgehead atoms. The minimum absolute atomic E-state index is 0.0217. The summed E-state index contributed by atoms with van der Waals surface area (Å²) in [7, 11) is -3.32. The zero-order chi connectivity index (χ0) is 22.2. The molecule has 1 amide bonds. The predicted molar refractivity (Wildman–Crippen MR) is 115 cm³/mol. The van der Waals surface area contributed by atoms with E-state index in [0.717, 1.165) is 28.8 Å². The molecule has 2 aromatic rings. The standard InChI is InChI=1S/C21H29N5O4S/c1-4-9-31(28,29)22-11-18-19-12-30-21(14-26(19)24-23-18)7-8-25(13-21)20(27)17-6-5-15(2)10-16(17)3/h5-6,10,22H,4,7-9,11-14H2,1-3H3. The molecule has 10 heteroatoms. The predicted octanol–water partition coefficient (Wildman–Crippen LogP) is 1.54. The second-order valence-corrected chi connectivity index (χ2v) is 10.5. The van der Waals surface area contributed by atoms with E-state index in [1.54, 1.807) is 4.68 Å². The Morgan fingerprint density at radius 3 is 2.84 bits per heavy atom. The summed E-state index contributed by atoms with van der Waals surface area (Å²) in [5.74, 6) is 0.105. The molecule has 3 heterocycles. The lowest BCUT2D eigenvalue weighted by molar-refractivity contribution is -0.0828. The zero-order valence-electron chi connectivity index (χ0n) is 18.2. The average Bonchev–Trinajstić information content (AvgIpc) is 3.30. The lowest BCUT2D eigenvalue weighted by Gasteiger charge is -2.34. The van der Waals surface area contributed by atoms with E-state index < -0.39 is 15.6 Å². The lowest BCUT2D eigenvalue weighted by Crippen LogP contribution is -2.45. The van der Waals surface area contributed by atoms with Crippen LogP contribution in [0.2, 0.25) is 0 Å². The molecule has 4 rings (SSSR count). The molecule has 0 aliphatic carbocycles. The summed E-state index contributed by atoms with van der Waals surface area (Å²) in [4.78, 5) is 14.9. The van der Waals surface area contributed by atoms with Gasteiger partial charge in [0.2, 0.25) is 10.0 Å². The highest BCUT2D eigenvalue weighted by Crippen LogP contribution is 2.33. The van der Waals surface area contributed by atoms with Gasteiger partial charge >= 0.3 is 0 Å². The van der Waals surface area contributed by atoms with Gasteiger partial charge in [-0.15, -0.1) is 5.10 Å². The minimum atomic E-state index is -3.32. The molecular weight excluding hydrogens is 418 g/mol. The quantitative estimate of drug-likeness (QED) is 0.720. The van der Waals surface area contributed by atoms with Gasteiger partial charge in [0.05, 0.1) is 37.7 Å². The summed E-state index contributed by atoms with van der Waals surface area (Å²) in [6.07, 6.45) is 1.28. The number of hydrogen-bond acceptors (Lipinski definition) is 6. The number of sulfonamides is 1. The van der Waals surface area contributed by atoms with Crippen LogP contribution in [0, 0.1) is 13.8 Å². The molecule has 9 nitrogen and oxygen atoms in total. The molecule has 2 aliphatic rings. The Morgan fingerprint density at radius 1 is 1.29 bits per heavy atom. The van der Waals surface area contributed by atoms with E-state index in [4.69, 9.17) is 4.74 Å². The number of carbonyl (C=O) groups excluding carboxylic acids is 1. The highest BCUT2D eigenvalue weighted by molar-refractivity contribution is 7.89. The van der Waals surface area contributed by atoms with Crippen LogP contribution in [-0.4, -0.2) is 58.7 Å². The number of nitrogens with one attached hydrogen (secondary N) is 1. The van der Waals surface area contributed by atoms with Crippen molar-refractivity contribution in [1.82, 2.24) is 24.6 Å². The van der Waals surface area contributed by atoms with E-state index in [1.165, 1.54) is 0 Å². The number of hydrogen-bond donors (Lipinski definition) is 1. The van der Waals surface area contributed by atoms with E-state index in [-0.39, 0.29) is 18.2 Å². The van der Waals surface area contributed by atoms with Crippen LogP contribution in [0.4, 0.5) is 0 Å². The number of rotatable bonds is 6. The molecule has 1 atom stereocenters. The number of carbonyl (C=O) groups is 1. The van der Waals surface area contributed by atoms with E-state index in [0.29, 0.717) is 38.4 Å². The molecular formula is C21H29N5O4S. The molecule has 1 N–H and O–H groups in total. The number of fused-ring (bicyclic) bond motifs is 1. The largest absolute Gasteiger partial charge is 0.365 e. The van der Waals surface area contributed by atoms with Crippen LogP contribution in [0.25, 0.3) is 0 Å². The third kappa shape index (κ3) is 4.51. The van der Waals surface area contributed by atoms with Crippen LogP contribution < -0.4 is 4.72 Å². The molecule has 1 saturated heterocycles. The summed E-state index contributed by atoms with van der Waals surface area (Å²) in [5, 5.41) is 8.39. The fourth-order valence-electron chi connectivity index (χ4n) is 4.34. The molecule has 1 aromatic carbocycles. The Balaban J connectivity index is 1.43. The van der Waals surface area contributed by atoms with Gasteiger partial charge in [-0.2, -0.15) is 0 Å². The number of aryl methyl sites for hydroxylation is 2. The normalized spacial score (nSPS) is 20.9. The van der Waals surface area contributed by atoms with E-state index in [1.807, 2.05) is 43.9 Å². The maximum absolute atomic E-state index is 13.1. The van der Waals surface area contributed by atoms with Gasteiger partial charge in [-0.05, 0) is 38.3 Å². The first kappa shape index (κ1) is 21.9. The molecule has 1 fully saturated rings. The molecule has 31 heavy (non-hydrogen) atoms. The number of amides is 1. The van der Waals surface area contributed by atoms with E-state index in [2.05, 4.69) is 15.0 Å². The van der Waals surface area contributed by atoms with E-state index in [9.17, 15) is 13.2 Å². The number of nitrogens with zero attached hydrogens (tertiary/aromatic N) is 4. The summed E-state index contributed by atoms with van der Waals surface area (Å²) in [5.41, 5.74) is 3.70. The van der Waals surface area contributed by atoms with Crippen LogP contribution in [0.15, 0.2) is 18.2 Å². The van der Waals surface area contributed by atoms with Crippen molar-refractivity contribution in [2.45, 2.75) is 58.9 Å². The van der Waals surface area contributed by atoms with Crippen LogP contribution >= 0.6 is 0 Å². The van der Waals surface area contributed by atoms with Crippen LogP contribution in [0.5, 0.6) is 0 Å². The third-order valence-electron chi connectivity index (χ3n) is 6.02. The monoisotopic (exact) mass is 447 g/mol. The third-order valence-corrected chi connectivity index (χ3v) is 7.55. The first-order valence-electron chi connectivity index (χ1n) is 10.6. The molecule has 0 saturated carbocycles. The Bertz CT molecular complexity index is 1100. The Labute approximate surface area is 182 Å². The van der Waals surface area contributed by atoms with Gasteiger partial charge in [0.1, 0.15) is 11.3 Å². The number of aromatic nitrogens is 3. The fourth-order valence-corrected chi connectivity index (χ4v) is 5.38. The smallest absolute Gasteiger partial charge is 0.254 e. The van der Waals surface area contributed by atoms with Gasteiger partial charge in [-0.25, -0.2) is 17.8 Å². The van der Waals surface area contributed by atoms with Crippen molar-refractivity contribution in [3.63, 3.8) is 0 Å². The highest BCUT2D eigenvalue weighted by atomic mass is 32.2. The van der Waals surface area contributed by atoms with Crippen molar-refractivity contribution in [3.8, 4) is 0 Å². The van der Waals surface area contributed by atoms with Crippen molar-refractivity contribution in [3.05, 3.63) is 46.3 Å². The summed E-state index contributed by atoms with van der Waals surface area (Å²) >= 11 is 0. The summed E-state index contributed by atoms with van der Waals surface area (Å²) < 4.78 is 34.4. The van der Waals surface area contributed by atoms with Gasteiger partial charge in [-0.1, -0.05) is 29.8 Å². The maximum atomic E-state index is 13.1. The molecule has 2 aliphatic heterocycles. The van der Waals surface area contributed by atoms with Crippen molar-refractivity contribution < 1.29 is 17.9 Å². The summed E-state index contributed by atoms with van der Waals surface area (Å²) in [6, 6.07) is 5.87. The lowest BCUT2D eigenvalue weighted by atomic mass is 10.0. The minimum Gasteiger partial charge on any atom is -0.365 e. The molecule has 1 spiro atoms. The number of ether oxygens (including phenoxy) is 1. The van der Waals surface area contributed by atoms with Crippen molar-refractivity contribution in [1.29, 1.82) is 0 Å². The number of benzene rings is 1. The van der Waals surface area contributed by atoms with Crippen molar-refractivity contribution in [2.75, 3.05) is 18.8 Å². The maximum Gasteiger partial charge on any atom is 0.254 e. The van der Waals surface area contributed by atoms with Crippen molar-refractivity contribution in [2.24, 2.45) is 0 Å². The topological polar surface area (TPSA) is 106 Å². The Morgan fingerprint density at radius 2 is 2.10 bits per heavy atom. The molecule has 168 valence electrons. The Kier molecular flexibility index (Phi) is 5.89. The Hall–Kier alpha value is -2.30. The highest BCUT2D eigenvalue weighted by Gasteiger charge is 2.45. The average molecular weight is 448 g/mol. The number of likely N-dealkylation sites (tertiary alicyclic amines) is 1. The van der Waals surface area contributed by atoms with Gasteiger partial charge in [0.25, 0.3) is 5.91 Å². The van der Waals surface area contributed by atoms with Crippen LogP contribution in [0.1, 0.15) is 52.6 Å². The van der Waals surface area contributed by atoms with Crippen LogP contribution in [0.3, 0.4) is 0 Å². The van der Waals surface area contributed by atoms with Gasteiger partial charge < -0.3 is 9.64 Å². The fraction of sp³-hybridized carbons (Fsp3) is 0.571. The van der Waals surface area contributed by atoms with Crippen LogP contribution in [-0.2, 0) is 34.5 Å². The molecule has 1 aromatic heterocycles. The first-order valence-corrected chi connectivity index (χ1v) is 12.3. The zero-order valence-corrected chi connectivity index (χ0v) is 19.0. The van der Waals surface area contributed by atoms with Gasteiger partial charge in [-0.3, -0.25) is 4.79 Å². The molecule has 1 unspecified atom stereocenters. The van der Waals surface area contributed by atoms with Crippen molar-refractivity contribution >= 4 is 15.9 Å². The van der Waals surface area contributed by atoms with E-state index >= 15 is 0 Å².